The van der Waals surface area contributed by atoms with E-state index in [1.54, 1.807) is 31.7 Å². The molecule has 0 fully saturated rings. The topological polar surface area (TPSA) is 135 Å². The van der Waals surface area contributed by atoms with E-state index in [-0.39, 0.29) is 30.0 Å². The van der Waals surface area contributed by atoms with Crippen LogP contribution in [0.15, 0.2) is 46.8 Å². The highest BCUT2D eigenvalue weighted by Crippen LogP contribution is 2.43. The quantitative estimate of drug-likeness (QED) is 0.233. The summed E-state index contributed by atoms with van der Waals surface area (Å²) >= 11 is 0. The summed E-state index contributed by atoms with van der Waals surface area (Å²) < 4.78 is 20.2. The van der Waals surface area contributed by atoms with E-state index in [1.165, 1.54) is 32.4 Å². The van der Waals surface area contributed by atoms with Gasteiger partial charge in [0.05, 0.1) is 29.1 Å². The van der Waals surface area contributed by atoms with Crippen LogP contribution in [0.5, 0.6) is 0 Å². The molecule has 0 radical (unpaired) electrons. The van der Waals surface area contributed by atoms with Crippen LogP contribution in [0.2, 0.25) is 0 Å². The van der Waals surface area contributed by atoms with Crippen molar-refractivity contribution >= 4 is 23.6 Å². The predicted molar refractivity (Wildman–Crippen MR) is 114 cm³/mol. The van der Waals surface area contributed by atoms with Crippen LogP contribution in [-0.2, 0) is 33.3 Å². The SMILES string of the molecule is CCC(=O)OCOC(=O)C1=C(C)N(COC)C(C)=C(C(=O)OC)C1c1cccc([N+](=O)[O-])c1. The molecule has 0 aliphatic carbocycles. The second-order valence-corrected chi connectivity index (χ2v) is 7.04. The van der Waals surface area contributed by atoms with E-state index >= 15 is 0 Å². The summed E-state index contributed by atoms with van der Waals surface area (Å²) in [5.74, 6) is -3.16. The molecule has 2 rings (SSSR count). The molecule has 11 heteroatoms. The fraction of sp³-hybridized carbons (Fsp3) is 0.409. The van der Waals surface area contributed by atoms with Crippen molar-refractivity contribution in [2.75, 3.05) is 27.7 Å². The van der Waals surface area contributed by atoms with Gasteiger partial charge < -0.3 is 23.8 Å². The van der Waals surface area contributed by atoms with Crippen molar-refractivity contribution in [1.82, 2.24) is 4.90 Å². The molecule has 0 spiro atoms. The van der Waals surface area contributed by atoms with Crippen LogP contribution in [0.25, 0.3) is 0 Å². The van der Waals surface area contributed by atoms with Gasteiger partial charge >= 0.3 is 17.9 Å². The van der Waals surface area contributed by atoms with Crippen LogP contribution in [0.3, 0.4) is 0 Å². The molecule has 33 heavy (non-hydrogen) atoms. The van der Waals surface area contributed by atoms with Gasteiger partial charge in [-0.15, -0.1) is 0 Å². The number of non-ortho nitro benzene ring substituents is 1. The van der Waals surface area contributed by atoms with Crippen LogP contribution in [0.4, 0.5) is 5.69 Å². The van der Waals surface area contributed by atoms with Gasteiger partial charge in [-0.05, 0) is 19.4 Å². The van der Waals surface area contributed by atoms with Gasteiger partial charge in [0.25, 0.3) is 5.69 Å². The molecular formula is C22H26N2O9. The van der Waals surface area contributed by atoms with Gasteiger partial charge in [0.1, 0.15) is 6.73 Å². The Kier molecular flexibility index (Phi) is 8.69. The van der Waals surface area contributed by atoms with Crippen LogP contribution in [0, 0.1) is 10.1 Å². The van der Waals surface area contributed by atoms with E-state index in [1.807, 2.05) is 0 Å². The van der Waals surface area contributed by atoms with Crippen molar-refractivity contribution in [3.63, 3.8) is 0 Å². The van der Waals surface area contributed by atoms with Gasteiger partial charge in [0, 0.05) is 37.1 Å². The van der Waals surface area contributed by atoms with E-state index < -0.39 is 35.5 Å². The Hall–Kier alpha value is -3.73. The number of nitro groups is 1. The van der Waals surface area contributed by atoms with Crippen molar-refractivity contribution < 1.29 is 38.3 Å². The molecule has 0 N–H and O–H groups in total. The number of allylic oxidation sites excluding steroid dienone is 2. The van der Waals surface area contributed by atoms with Gasteiger partial charge in [-0.25, -0.2) is 9.59 Å². The molecule has 0 saturated carbocycles. The van der Waals surface area contributed by atoms with Gasteiger partial charge in [0.15, 0.2) is 0 Å². The van der Waals surface area contributed by atoms with E-state index in [0.717, 1.165) is 0 Å². The maximum Gasteiger partial charge on any atom is 0.339 e. The van der Waals surface area contributed by atoms with E-state index in [4.69, 9.17) is 18.9 Å². The average Bonchev–Trinajstić information content (AvgIpc) is 2.80. The highest BCUT2D eigenvalue weighted by atomic mass is 16.7. The van der Waals surface area contributed by atoms with Gasteiger partial charge in [-0.3, -0.25) is 14.9 Å². The molecule has 1 aromatic rings. The molecule has 11 nitrogen and oxygen atoms in total. The minimum atomic E-state index is -1.03. The second kappa shape index (κ2) is 11.2. The lowest BCUT2D eigenvalue weighted by molar-refractivity contribution is -0.384. The number of nitrogens with zero attached hydrogens (tertiary/aromatic N) is 2. The Labute approximate surface area is 190 Å². The number of hydrogen-bond acceptors (Lipinski definition) is 10. The first-order chi connectivity index (χ1) is 15.7. The Morgan fingerprint density at radius 1 is 1.06 bits per heavy atom. The number of ether oxygens (including phenoxy) is 4. The lowest BCUT2D eigenvalue weighted by atomic mass is 9.79. The molecule has 0 saturated heterocycles. The molecule has 0 amide bonds. The number of carbonyl (C=O) groups excluding carboxylic acids is 3. The summed E-state index contributed by atoms with van der Waals surface area (Å²) in [4.78, 5) is 49.7. The highest BCUT2D eigenvalue weighted by Gasteiger charge is 2.41. The zero-order valence-corrected chi connectivity index (χ0v) is 19.1. The monoisotopic (exact) mass is 462 g/mol. The minimum absolute atomic E-state index is 0.0153. The first kappa shape index (κ1) is 25.5. The van der Waals surface area contributed by atoms with Crippen LogP contribution in [-0.4, -0.2) is 55.5 Å². The standard InChI is InChI=1S/C22H26N2O9/c1-6-17(25)32-12-33-22(27)19-14(3)23(11-30-4)13(2)18(21(26)31-5)20(19)15-8-7-9-16(10-15)24(28)29/h7-10,20H,6,11-12H2,1-5H3. The average molecular weight is 462 g/mol. The smallest absolute Gasteiger partial charge is 0.339 e. The van der Waals surface area contributed by atoms with Gasteiger partial charge in [-0.2, -0.15) is 0 Å². The largest absolute Gasteiger partial charge is 0.466 e. The summed E-state index contributed by atoms with van der Waals surface area (Å²) in [6, 6.07) is 5.61. The molecule has 1 aliphatic rings. The number of nitro benzene ring substituents is 1. The van der Waals surface area contributed by atoms with E-state index in [9.17, 15) is 24.5 Å². The molecular weight excluding hydrogens is 436 g/mol. The number of esters is 3. The van der Waals surface area contributed by atoms with E-state index in [0.29, 0.717) is 17.0 Å². The molecule has 1 heterocycles. The van der Waals surface area contributed by atoms with Crippen LogP contribution >= 0.6 is 0 Å². The third-order valence-electron chi connectivity index (χ3n) is 5.16. The lowest BCUT2D eigenvalue weighted by Crippen LogP contribution is -2.36. The fourth-order valence-electron chi connectivity index (χ4n) is 3.55. The first-order valence-electron chi connectivity index (χ1n) is 10.0. The van der Waals surface area contributed by atoms with Gasteiger partial charge in [0.2, 0.25) is 6.79 Å². The van der Waals surface area contributed by atoms with Crippen molar-refractivity contribution in [3.05, 3.63) is 62.5 Å². The summed E-state index contributed by atoms with van der Waals surface area (Å²) in [6.45, 7) is 4.28. The number of carbonyl (C=O) groups is 3. The first-order valence-corrected chi connectivity index (χ1v) is 10.0. The number of hydrogen-bond donors (Lipinski definition) is 0. The summed E-state index contributed by atoms with van der Waals surface area (Å²) in [5.41, 5.74) is 1.09. The number of methoxy groups -OCH3 is 2. The van der Waals surface area contributed by atoms with Crippen LogP contribution < -0.4 is 0 Å². The zero-order valence-electron chi connectivity index (χ0n) is 19.1. The normalized spacial score (nSPS) is 15.9. The molecule has 178 valence electrons. The number of rotatable bonds is 9. The Morgan fingerprint density at radius 2 is 1.70 bits per heavy atom. The Balaban J connectivity index is 2.66. The summed E-state index contributed by atoms with van der Waals surface area (Å²) in [7, 11) is 2.65. The van der Waals surface area contributed by atoms with E-state index in [2.05, 4.69) is 0 Å². The summed E-state index contributed by atoms with van der Waals surface area (Å²) in [5, 5.41) is 11.3. The maximum atomic E-state index is 13.1. The van der Waals surface area contributed by atoms with Crippen molar-refractivity contribution in [1.29, 1.82) is 0 Å². The van der Waals surface area contributed by atoms with Crippen molar-refractivity contribution in [3.8, 4) is 0 Å². The lowest BCUT2D eigenvalue weighted by Gasteiger charge is -2.37. The predicted octanol–water partition coefficient (Wildman–Crippen LogP) is 2.77. The minimum Gasteiger partial charge on any atom is -0.466 e. The summed E-state index contributed by atoms with van der Waals surface area (Å²) in [6.07, 6.45) is 0.103. The maximum absolute atomic E-state index is 13.1. The van der Waals surface area contributed by atoms with Crippen molar-refractivity contribution in [2.45, 2.75) is 33.1 Å². The molecule has 1 aromatic carbocycles. The third-order valence-corrected chi connectivity index (χ3v) is 5.16. The molecule has 0 aromatic heterocycles. The fourth-order valence-corrected chi connectivity index (χ4v) is 3.55. The molecule has 1 aliphatic heterocycles. The van der Waals surface area contributed by atoms with Crippen LogP contribution in [0.1, 0.15) is 38.7 Å². The zero-order chi connectivity index (χ0) is 24.7. The Bertz CT molecular complexity index is 1010. The second-order valence-electron chi connectivity index (χ2n) is 7.04. The molecule has 1 atom stereocenters. The third kappa shape index (κ3) is 5.55. The number of benzene rings is 1. The molecule has 0 bridgehead atoms. The van der Waals surface area contributed by atoms with Gasteiger partial charge in [-0.1, -0.05) is 19.1 Å². The van der Waals surface area contributed by atoms with Crippen molar-refractivity contribution in [2.24, 2.45) is 0 Å². The highest BCUT2D eigenvalue weighted by molar-refractivity contribution is 5.99. The molecule has 1 unspecified atom stereocenters. The Morgan fingerprint density at radius 3 is 2.24 bits per heavy atom.